The van der Waals surface area contributed by atoms with E-state index in [2.05, 4.69) is 10.2 Å². The van der Waals surface area contributed by atoms with E-state index < -0.39 is 15.0 Å². The van der Waals surface area contributed by atoms with E-state index in [4.69, 9.17) is 16.4 Å². The number of aromatic nitrogens is 2. The predicted octanol–water partition coefficient (Wildman–Crippen LogP) is 0.236. The number of primary amides is 1. The molecule has 0 aliphatic carbocycles. The normalized spacial score (nSPS) is 11.3. The van der Waals surface area contributed by atoms with Crippen LogP contribution < -0.4 is 5.73 Å². The topological polar surface area (TPSA) is 103 Å². The van der Waals surface area contributed by atoms with Crippen LogP contribution in [-0.4, -0.2) is 36.0 Å². The highest BCUT2D eigenvalue weighted by molar-refractivity contribution is 8.14. The van der Waals surface area contributed by atoms with Gasteiger partial charge in [-0.3, -0.25) is 4.79 Å². The maximum atomic E-state index is 10.7. The van der Waals surface area contributed by atoms with Gasteiger partial charge in [-0.1, -0.05) is 0 Å². The Morgan fingerprint density at radius 2 is 2.12 bits per heavy atom. The molecular weight excluding hydrogens is 274 g/mol. The van der Waals surface area contributed by atoms with E-state index >= 15 is 0 Å². The molecule has 9 heteroatoms. The van der Waals surface area contributed by atoms with Crippen molar-refractivity contribution in [2.24, 2.45) is 5.73 Å². The van der Waals surface area contributed by atoms with E-state index in [9.17, 15) is 13.2 Å². The summed E-state index contributed by atoms with van der Waals surface area (Å²) in [6.45, 7) is 0. The molecule has 16 heavy (non-hydrogen) atoms. The summed E-state index contributed by atoms with van der Waals surface area (Å²) >= 11 is 1.18. The fourth-order valence-corrected chi connectivity index (χ4v) is 2.94. The zero-order valence-electron chi connectivity index (χ0n) is 7.96. The molecule has 2 N–H and O–H groups in total. The number of halogens is 1. The Balaban J connectivity index is 2.53. The molecule has 88 valence electrons. The van der Waals surface area contributed by atoms with Crippen LogP contribution in [0.2, 0.25) is 0 Å². The van der Waals surface area contributed by atoms with E-state index in [1.54, 1.807) is 6.07 Å². The molecule has 6 nitrogen and oxygen atoms in total. The summed E-state index contributed by atoms with van der Waals surface area (Å²) in [6, 6.07) is 2.96. The van der Waals surface area contributed by atoms with Crippen LogP contribution in [0.3, 0.4) is 0 Å². The van der Waals surface area contributed by atoms with Crippen molar-refractivity contribution in [1.29, 1.82) is 0 Å². The van der Waals surface area contributed by atoms with Crippen molar-refractivity contribution in [3.05, 3.63) is 17.8 Å². The SMILES string of the molecule is NC(=O)c1ccc(SCCS(=O)(=O)Cl)nn1. The number of nitrogens with zero attached hydrogens (tertiary/aromatic N) is 2. The van der Waals surface area contributed by atoms with Gasteiger partial charge >= 0.3 is 0 Å². The Bertz CT molecular complexity index is 474. The quantitative estimate of drug-likeness (QED) is 0.612. The summed E-state index contributed by atoms with van der Waals surface area (Å²) in [4.78, 5) is 10.7. The lowest BCUT2D eigenvalue weighted by Gasteiger charge is -1.98. The van der Waals surface area contributed by atoms with Crippen molar-refractivity contribution in [2.45, 2.75) is 5.03 Å². The molecule has 1 amide bonds. The summed E-state index contributed by atoms with van der Waals surface area (Å²) in [5.74, 6) is -0.540. The number of nitrogens with two attached hydrogens (primary N) is 1. The highest BCUT2D eigenvalue weighted by Crippen LogP contribution is 2.15. The Morgan fingerprint density at radius 1 is 1.44 bits per heavy atom. The molecule has 0 aliphatic heterocycles. The molecule has 0 radical (unpaired) electrons. The van der Waals surface area contributed by atoms with Crippen LogP contribution >= 0.6 is 22.4 Å². The third-order valence-corrected chi connectivity index (χ3v) is 3.80. The minimum absolute atomic E-state index is 0.0642. The minimum atomic E-state index is -3.49. The monoisotopic (exact) mass is 281 g/mol. The second-order valence-corrected chi connectivity index (χ2v) is 6.72. The van der Waals surface area contributed by atoms with Crippen molar-refractivity contribution in [1.82, 2.24) is 10.2 Å². The zero-order chi connectivity index (χ0) is 12.2. The molecule has 0 saturated heterocycles. The molecule has 0 spiro atoms. The standard InChI is InChI=1S/C7H8ClN3O3S2/c8-16(13,14)4-3-15-6-2-1-5(7(9)12)10-11-6/h1-2H,3-4H2,(H2,9,12). The number of amides is 1. The molecule has 0 aromatic carbocycles. The van der Waals surface area contributed by atoms with Crippen LogP contribution in [-0.2, 0) is 9.05 Å². The van der Waals surface area contributed by atoms with Crippen molar-refractivity contribution in [3.63, 3.8) is 0 Å². The molecule has 0 unspecified atom stereocenters. The molecular formula is C7H8ClN3O3S2. The largest absolute Gasteiger partial charge is 0.364 e. The fourth-order valence-electron chi connectivity index (χ4n) is 0.774. The van der Waals surface area contributed by atoms with Crippen molar-refractivity contribution < 1.29 is 13.2 Å². The molecule has 0 saturated carbocycles. The maximum absolute atomic E-state index is 10.7. The number of rotatable bonds is 5. The van der Waals surface area contributed by atoms with Gasteiger partial charge in [-0.2, -0.15) is 0 Å². The first-order valence-corrected chi connectivity index (χ1v) is 7.53. The molecule has 0 aliphatic rings. The first-order valence-electron chi connectivity index (χ1n) is 4.07. The molecule has 0 atom stereocenters. The van der Waals surface area contributed by atoms with Crippen molar-refractivity contribution in [2.75, 3.05) is 11.5 Å². The van der Waals surface area contributed by atoms with Gasteiger partial charge in [0.2, 0.25) is 9.05 Å². The van der Waals surface area contributed by atoms with Crippen LogP contribution in [0.5, 0.6) is 0 Å². The van der Waals surface area contributed by atoms with Gasteiger partial charge in [0.1, 0.15) is 5.03 Å². The van der Waals surface area contributed by atoms with Crippen LogP contribution in [0.25, 0.3) is 0 Å². The molecule has 0 bridgehead atoms. The van der Waals surface area contributed by atoms with Crippen LogP contribution in [0.15, 0.2) is 17.2 Å². The average Bonchev–Trinajstić information content (AvgIpc) is 2.16. The number of carbonyl (C=O) groups is 1. The number of hydrogen-bond donors (Lipinski definition) is 1. The lowest BCUT2D eigenvalue weighted by atomic mass is 10.4. The summed E-state index contributed by atoms with van der Waals surface area (Å²) in [7, 11) is 1.54. The van der Waals surface area contributed by atoms with Crippen LogP contribution in [0, 0.1) is 0 Å². The minimum Gasteiger partial charge on any atom is -0.364 e. The van der Waals surface area contributed by atoms with Gasteiger partial charge in [-0.25, -0.2) is 8.42 Å². The Hall–Kier alpha value is -0.860. The lowest BCUT2D eigenvalue weighted by Crippen LogP contribution is -2.13. The first kappa shape index (κ1) is 13.2. The maximum Gasteiger partial charge on any atom is 0.269 e. The number of carbonyl (C=O) groups excluding carboxylic acids is 1. The van der Waals surface area contributed by atoms with Crippen molar-refractivity contribution in [3.8, 4) is 0 Å². The fraction of sp³-hybridized carbons (Fsp3) is 0.286. The van der Waals surface area contributed by atoms with Crippen LogP contribution in [0.1, 0.15) is 10.5 Å². The molecule has 1 heterocycles. The van der Waals surface area contributed by atoms with Gasteiger partial charge < -0.3 is 5.73 Å². The summed E-state index contributed by atoms with van der Waals surface area (Å²) in [5.41, 5.74) is 5.04. The first-order chi connectivity index (χ1) is 7.38. The third-order valence-electron chi connectivity index (χ3n) is 1.47. The van der Waals surface area contributed by atoms with Gasteiger partial charge in [0.25, 0.3) is 5.91 Å². The van der Waals surface area contributed by atoms with Gasteiger partial charge in [0, 0.05) is 16.4 Å². The summed E-state index contributed by atoms with van der Waals surface area (Å²) < 4.78 is 21.2. The van der Waals surface area contributed by atoms with Gasteiger partial charge in [0.15, 0.2) is 5.69 Å². The second kappa shape index (κ2) is 5.46. The Labute approximate surface area is 101 Å². The van der Waals surface area contributed by atoms with E-state index in [0.29, 0.717) is 5.03 Å². The zero-order valence-corrected chi connectivity index (χ0v) is 10.3. The third kappa shape index (κ3) is 4.77. The Morgan fingerprint density at radius 3 is 2.56 bits per heavy atom. The van der Waals surface area contributed by atoms with Gasteiger partial charge in [-0.15, -0.1) is 22.0 Å². The lowest BCUT2D eigenvalue weighted by molar-refractivity contribution is 0.0994. The molecule has 1 rings (SSSR count). The van der Waals surface area contributed by atoms with E-state index in [-0.39, 0.29) is 17.2 Å². The number of hydrogen-bond acceptors (Lipinski definition) is 6. The van der Waals surface area contributed by atoms with E-state index in [1.165, 1.54) is 17.8 Å². The van der Waals surface area contributed by atoms with Crippen LogP contribution in [0.4, 0.5) is 0 Å². The average molecular weight is 282 g/mol. The molecule has 0 fully saturated rings. The number of thioether (sulfide) groups is 1. The second-order valence-electron chi connectivity index (χ2n) is 2.71. The summed E-state index contributed by atoms with van der Waals surface area (Å²) in [5, 5.41) is 7.76. The Kier molecular flexibility index (Phi) is 4.51. The van der Waals surface area contributed by atoms with Gasteiger partial charge in [-0.05, 0) is 12.1 Å². The highest BCUT2D eigenvalue weighted by Gasteiger charge is 2.07. The molecule has 1 aromatic rings. The summed E-state index contributed by atoms with van der Waals surface area (Å²) in [6.07, 6.45) is 0. The van der Waals surface area contributed by atoms with E-state index in [0.717, 1.165) is 0 Å². The van der Waals surface area contributed by atoms with E-state index in [1.807, 2.05) is 0 Å². The molecule has 1 aromatic heterocycles. The predicted molar refractivity (Wildman–Crippen MR) is 60.9 cm³/mol. The highest BCUT2D eigenvalue weighted by atomic mass is 35.7. The van der Waals surface area contributed by atoms with Crippen molar-refractivity contribution >= 4 is 37.4 Å². The smallest absolute Gasteiger partial charge is 0.269 e. The van der Waals surface area contributed by atoms with Gasteiger partial charge in [0.05, 0.1) is 5.75 Å².